The Kier molecular flexibility index (Phi) is 70.5. The van der Waals surface area contributed by atoms with Crippen molar-refractivity contribution in [2.75, 3.05) is 39.6 Å². The van der Waals surface area contributed by atoms with Crippen molar-refractivity contribution in [2.24, 2.45) is 0 Å². The molecule has 0 aromatic carbocycles. The number of unbranched alkanes of at least 4 members (excludes halogenated alkanes) is 23. The number of ether oxygens (including phenoxy) is 4. The Balaban J connectivity index is 5.43. The van der Waals surface area contributed by atoms with Crippen LogP contribution in [0.25, 0.3) is 0 Å². The number of phosphoric acid groups is 2. The van der Waals surface area contributed by atoms with Gasteiger partial charge in [0.05, 0.1) is 32.8 Å². The molecule has 0 amide bonds. The molecule has 0 saturated heterocycles. The molecule has 0 aliphatic rings. The highest BCUT2D eigenvalue weighted by Crippen LogP contribution is 2.45. The van der Waals surface area contributed by atoms with Gasteiger partial charge in [-0.1, -0.05) is 270 Å². The van der Waals surface area contributed by atoms with Crippen LogP contribution in [0, 0.1) is 0 Å². The molecule has 0 radical (unpaired) electrons. The Morgan fingerprint density at radius 3 is 0.902 bits per heavy atom. The van der Waals surface area contributed by atoms with E-state index in [9.17, 15) is 43.2 Å². The second-order valence-corrected chi connectivity index (χ2v) is 28.5. The van der Waals surface area contributed by atoms with Crippen LogP contribution >= 0.6 is 15.6 Å². The van der Waals surface area contributed by atoms with E-state index in [1.165, 1.54) is 44.9 Å². The summed E-state index contributed by atoms with van der Waals surface area (Å²) in [5.74, 6) is -2.37. The summed E-state index contributed by atoms with van der Waals surface area (Å²) in [7, 11) is -10.00. The van der Waals surface area contributed by atoms with Crippen LogP contribution in [0.4, 0.5) is 0 Å². The third-order valence-electron chi connectivity index (χ3n) is 15.8. The number of hydrogen-bond acceptors (Lipinski definition) is 15. The number of allylic oxidation sites excluding steroid dienone is 23. The molecule has 0 aromatic rings. The van der Waals surface area contributed by atoms with E-state index in [1.807, 2.05) is 18.2 Å². The fourth-order valence-corrected chi connectivity index (χ4v) is 11.5. The summed E-state index contributed by atoms with van der Waals surface area (Å²) in [4.78, 5) is 72.9. The van der Waals surface area contributed by atoms with Gasteiger partial charge in [0, 0.05) is 19.3 Å². The van der Waals surface area contributed by atoms with Crippen LogP contribution in [-0.4, -0.2) is 96.7 Å². The Hall–Kier alpha value is -5.06. The van der Waals surface area contributed by atoms with E-state index in [0.29, 0.717) is 25.7 Å². The second-order valence-electron chi connectivity index (χ2n) is 25.5. The van der Waals surface area contributed by atoms with Gasteiger partial charge in [0.15, 0.2) is 12.2 Å². The average Bonchev–Trinajstić information content (AvgIpc) is 0.919. The van der Waals surface area contributed by atoms with Crippen LogP contribution in [0.1, 0.15) is 297 Å². The van der Waals surface area contributed by atoms with Gasteiger partial charge in [0.25, 0.3) is 0 Å². The minimum atomic E-state index is -5.00. The summed E-state index contributed by atoms with van der Waals surface area (Å²) in [6, 6.07) is 0. The first-order valence-corrected chi connectivity index (χ1v) is 42.1. The van der Waals surface area contributed by atoms with Crippen molar-refractivity contribution in [1.29, 1.82) is 0 Å². The van der Waals surface area contributed by atoms with E-state index < -0.39 is 97.5 Å². The maximum Gasteiger partial charge on any atom is 0.472 e. The van der Waals surface area contributed by atoms with E-state index in [4.69, 9.17) is 37.0 Å². The number of aliphatic hydroxyl groups excluding tert-OH is 1. The molecule has 17 nitrogen and oxygen atoms in total. The highest BCUT2D eigenvalue weighted by atomic mass is 31.2. The Morgan fingerprint density at radius 2 is 0.549 bits per heavy atom. The van der Waals surface area contributed by atoms with Crippen LogP contribution in [0.15, 0.2) is 146 Å². The Morgan fingerprint density at radius 1 is 0.294 bits per heavy atom. The number of rotatable bonds is 72. The number of esters is 4. The lowest BCUT2D eigenvalue weighted by molar-refractivity contribution is -0.161. The average molecular weight is 1470 g/mol. The predicted molar refractivity (Wildman–Crippen MR) is 417 cm³/mol. The van der Waals surface area contributed by atoms with Crippen molar-refractivity contribution in [3.63, 3.8) is 0 Å². The molecule has 0 aliphatic carbocycles. The highest BCUT2D eigenvalue weighted by molar-refractivity contribution is 7.47. The fraction of sp³-hybridized carbons (Fsp3) is 0.663. The zero-order valence-electron chi connectivity index (χ0n) is 63.5. The van der Waals surface area contributed by atoms with Crippen LogP contribution in [0.5, 0.6) is 0 Å². The van der Waals surface area contributed by atoms with Gasteiger partial charge in [0.1, 0.15) is 19.3 Å². The van der Waals surface area contributed by atoms with Crippen LogP contribution in [0.3, 0.4) is 0 Å². The van der Waals surface area contributed by atoms with Crippen LogP contribution in [-0.2, 0) is 65.4 Å². The molecular formula is C83H138O17P2. The topological polar surface area (TPSA) is 237 Å². The monoisotopic (exact) mass is 1470 g/mol. The van der Waals surface area contributed by atoms with Gasteiger partial charge in [-0.15, -0.1) is 0 Å². The first-order chi connectivity index (χ1) is 49.7. The van der Waals surface area contributed by atoms with Crippen molar-refractivity contribution in [3.8, 4) is 0 Å². The molecule has 0 heterocycles. The van der Waals surface area contributed by atoms with E-state index in [-0.39, 0.29) is 25.7 Å². The molecule has 19 heteroatoms. The summed E-state index contributed by atoms with van der Waals surface area (Å²) < 4.78 is 68.4. The van der Waals surface area contributed by atoms with Gasteiger partial charge in [-0.2, -0.15) is 0 Å². The quantitative estimate of drug-likeness (QED) is 0.0169. The maximum atomic E-state index is 13.1. The Labute approximate surface area is 617 Å². The van der Waals surface area contributed by atoms with E-state index in [1.54, 1.807) is 6.08 Å². The van der Waals surface area contributed by atoms with Crippen molar-refractivity contribution >= 4 is 39.5 Å². The molecule has 582 valence electrons. The highest BCUT2D eigenvalue weighted by Gasteiger charge is 2.30. The lowest BCUT2D eigenvalue weighted by atomic mass is 10.1. The molecule has 102 heavy (non-hydrogen) atoms. The molecule has 0 aromatic heterocycles. The third kappa shape index (κ3) is 73.3. The van der Waals surface area contributed by atoms with Gasteiger partial charge in [-0.05, 0) is 148 Å². The predicted octanol–water partition coefficient (Wildman–Crippen LogP) is 22.7. The number of phosphoric ester groups is 2. The SMILES string of the molecule is CC/C=C\C/C=C\C/C=C\C/C=C\C/C=C\CC(=O)OCC(COP(=O)(O)OCC(O)COP(=O)(O)OCC(COC(=O)CCCCCCCC/C=C\C/C=C\C/C=C\CCCCC)OC(=O)CCCCCCC/C=C\CCCCCC)OC(=O)CCCCCCC/C=C\C/C=C\C/C=C\CC. The lowest BCUT2D eigenvalue weighted by Crippen LogP contribution is -2.30. The minimum absolute atomic E-state index is 0.0516. The van der Waals surface area contributed by atoms with Gasteiger partial charge < -0.3 is 33.8 Å². The smallest absolute Gasteiger partial charge is 0.462 e. The van der Waals surface area contributed by atoms with Crippen LogP contribution in [0.2, 0.25) is 0 Å². The summed E-state index contributed by atoms with van der Waals surface area (Å²) in [6.07, 6.45) is 84.3. The zero-order valence-corrected chi connectivity index (χ0v) is 65.3. The standard InChI is InChI=1S/C83H138O17P2/c1-5-9-13-17-21-25-29-33-36-37-38-39-42-45-48-52-56-60-64-68-81(86)94-73-78(99-82(87)69-65-61-57-53-49-43-32-28-24-20-16-12-8-4)75-97-101(89,90)95-71-77(84)72-96-102(91,92)98-76-79(100-83(88)70-66-62-58-54-50-46-41-35-31-27-23-19-15-11-7-3)74-93-80(85)67-63-59-55-51-47-44-40-34-30-26-22-18-14-10-6-2/h10-11,14-15,21-23,25-28,32-36,38-41,47,51,59,63,77-79,84H,5-9,12-13,16-20,24,29-31,37,42-46,48-50,52-58,60-62,64-76H2,1-4H3,(H,89,90)(H,91,92)/b14-10-,15-11-,25-21-,26-22-,27-23-,32-28-,36-33-,39-38-,40-34-,41-35-,51-47-,63-59-. The summed E-state index contributed by atoms with van der Waals surface area (Å²) in [6.45, 7) is 4.44. The number of carbonyl (C=O) groups is 4. The molecule has 0 bridgehead atoms. The summed E-state index contributed by atoms with van der Waals surface area (Å²) >= 11 is 0. The first kappa shape index (κ1) is 96.9. The Bertz CT molecular complexity index is 2510. The molecule has 0 fully saturated rings. The molecule has 0 rings (SSSR count). The third-order valence-corrected chi connectivity index (χ3v) is 17.7. The van der Waals surface area contributed by atoms with Crippen molar-refractivity contribution < 1.29 is 80.2 Å². The number of hydrogen-bond donors (Lipinski definition) is 3. The van der Waals surface area contributed by atoms with E-state index in [2.05, 4.69) is 149 Å². The molecule has 0 aliphatic heterocycles. The molecule has 3 N–H and O–H groups in total. The molecule has 5 unspecified atom stereocenters. The van der Waals surface area contributed by atoms with Gasteiger partial charge in [0.2, 0.25) is 0 Å². The first-order valence-electron chi connectivity index (χ1n) is 39.1. The van der Waals surface area contributed by atoms with Crippen molar-refractivity contribution in [2.45, 2.75) is 316 Å². The van der Waals surface area contributed by atoms with Gasteiger partial charge >= 0.3 is 39.5 Å². The number of carbonyl (C=O) groups excluding carboxylic acids is 4. The minimum Gasteiger partial charge on any atom is -0.462 e. The molecule has 0 spiro atoms. The van der Waals surface area contributed by atoms with Crippen LogP contribution < -0.4 is 0 Å². The fourth-order valence-electron chi connectivity index (χ4n) is 9.90. The lowest BCUT2D eigenvalue weighted by Gasteiger charge is -2.21. The largest absolute Gasteiger partial charge is 0.472 e. The van der Waals surface area contributed by atoms with E-state index in [0.717, 1.165) is 173 Å². The molecular weight excluding hydrogens is 1330 g/mol. The van der Waals surface area contributed by atoms with Gasteiger partial charge in [-0.25, -0.2) is 9.13 Å². The normalized spacial score (nSPS) is 14.7. The second kappa shape index (κ2) is 74.2. The summed E-state index contributed by atoms with van der Waals surface area (Å²) in [5, 5.41) is 10.6. The van der Waals surface area contributed by atoms with Crippen molar-refractivity contribution in [3.05, 3.63) is 146 Å². The van der Waals surface area contributed by atoms with Gasteiger partial charge in [-0.3, -0.25) is 37.3 Å². The van der Waals surface area contributed by atoms with Crippen molar-refractivity contribution in [1.82, 2.24) is 0 Å². The maximum absolute atomic E-state index is 13.1. The molecule has 5 atom stereocenters. The zero-order chi connectivity index (χ0) is 74.6. The molecule has 0 saturated carbocycles. The summed E-state index contributed by atoms with van der Waals surface area (Å²) in [5.41, 5.74) is 0. The number of aliphatic hydroxyl groups is 1. The van der Waals surface area contributed by atoms with E-state index >= 15 is 0 Å².